The zero-order valence-corrected chi connectivity index (χ0v) is 16.1. The largest absolute Gasteiger partial charge is 0.382 e. The van der Waals surface area contributed by atoms with E-state index in [9.17, 15) is 14.0 Å². The molecule has 0 aromatic heterocycles. The molecule has 0 fully saturated rings. The number of halogens is 2. The van der Waals surface area contributed by atoms with Gasteiger partial charge in [-0.05, 0) is 49.2 Å². The van der Waals surface area contributed by atoms with E-state index >= 15 is 0 Å². The van der Waals surface area contributed by atoms with E-state index in [1.54, 1.807) is 30.3 Å². The van der Waals surface area contributed by atoms with E-state index in [1.165, 1.54) is 23.1 Å². The molecule has 0 radical (unpaired) electrons. The van der Waals surface area contributed by atoms with Crippen molar-refractivity contribution in [2.24, 2.45) is 0 Å². The number of carbonyl (C=O) groups is 2. The van der Waals surface area contributed by atoms with Crippen LogP contribution in [0.3, 0.4) is 0 Å². The summed E-state index contributed by atoms with van der Waals surface area (Å²) in [4.78, 5) is 27.1. The maximum atomic E-state index is 13.5. The van der Waals surface area contributed by atoms with E-state index in [4.69, 9.17) is 16.3 Å². The molecule has 0 unspecified atom stereocenters. The smallest absolute Gasteiger partial charge is 0.278 e. The maximum Gasteiger partial charge on any atom is 0.278 e. The normalized spacial score (nSPS) is 14.2. The van der Waals surface area contributed by atoms with Crippen molar-refractivity contribution in [1.82, 2.24) is 4.90 Å². The van der Waals surface area contributed by atoms with Crippen LogP contribution in [0.15, 0.2) is 54.2 Å². The Morgan fingerprint density at radius 1 is 1.11 bits per heavy atom. The van der Waals surface area contributed by atoms with Crippen LogP contribution in [-0.4, -0.2) is 36.5 Å². The highest BCUT2D eigenvalue weighted by Crippen LogP contribution is 2.31. The number of hydrogen-bond acceptors (Lipinski definition) is 4. The molecule has 1 aliphatic heterocycles. The second kappa shape index (κ2) is 8.99. The van der Waals surface area contributed by atoms with E-state index < -0.39 is 17.6 Å². The number of rotatable bonds is 8. The lowest BCUT2D eigenvalue weighted by atomic mass is 10.0. The first kappa shape index (κ1) is 20.0. The van der Waals surface area contributed by atoms with Crippen LogP contribution in [0.2, 0.25) is 5.02 Å². The zero-order valence-electron chi connectivity index (χ0n) is 15.4. The van der Waals surface area contributed by atoms with Crippen LogP contribution >= 0.6 is 11.6 Å². The summed E-state index contributed by atoms with van der Waals surface area (Å²) < 4.78 is 18.8. The molecule has 146 valence electrons. The SMILES string of the molecule is CCOCCCN1C(=O)C(Nc2cccc(F)c2)=C(c2ccc(Cl)cc2)C1=O. The fourth-order valence-electron chi connectivity index (χ4n) is 2.96. The molecule has 0 saturated carbocycles. The van der Waals surface area contributed by atoms with E-state index in [0.29, 0.717) is 35.9 Å². The van der Waals surface area contributed by atoms with Gasteiger partial charge < -0.3 is 10.1 Å². The summed E-state index contributed by atoms with van der Waals surface area (Å²) in [6, 6.07) is 12.4. The third-order valence-electron chi connectivity index (χ3n) is 4.27. The molecule has 0 saturated heterocycles. The van der Waals surface area contributed by atoms with E-state index in [0.717, 1.165) is 0 Å². The summed E-state index contributed by atoms with van der Waals surface area (Å²) in [6.07, 6.45) is 0.534. The number of hydrogen-bond donors (Lipinski definition) is 1. The highest BCUT2D eigenvalue weighted by molar-refractivity contribution is 6.36. The van der Waals surface area contributed by atoms with Gasteiger partial charge in [-0.25, -0.2) is 4.39 Å². The Hall–Kier alpha value is -2.70. The van der Waals surface area contributed by atoms with Crippen LogP contribution < -0.4 is 5.32 Å². The molecular formula is C21H20ClFN2O3. The number of ether oxygens (including phenoxy) is 1. The molecule has 0 aliphatic carbocycles. The molecule has 2 amide bonds. The first-order chi connectivity index (χ1) is 13.5. The summed E-state index contributed by atoms with van der Waals surface area (Å²) in [5.41, 5.74) is 1.31. The van der Waals surface area contributed by atoms with Crippen LogP contribution in [0.5, 0.6) is 0 Å². The highest BCUT2D eigenvalue weighted by Gasteiger charge is 2.38. The third kappa shape index (κ3) is 4.40. The summed E-state index contributed by atoms with van der Waals surface area (Å²) in [5, 5.41) is 3.44. The van der Waals surface area contributed by atoms with Crippen molar-refractivity contribution in [3.63, 3.8) is 0 Å². The fourth-order valence-corrected chi connectivity index (χ4v) is 3.09. The van der Waals surface area contributed by atoms with Crippen LogP contribution in [-0.2, 0) is 14.3 Å². The first-order valence-corrected chi connectivity index (χ1v) is 9.35. The Kier molecular flexibility index (Phi) is 6.44. The molecule has 2 aromatic rings. The van der Waals surface area contributed by atoms with Crippen molar-refractivity contribution < 1.29 is 18.7 Å². The van der Waals surface area contributed by atoms with Crippen LogP contribution in [0, 0.1) is 5.82 Å². The topological polar surface area (TPSA) is 58.6 Å². The predicted molar refractivity (Wildman–Crippen MR) is 106 cm³/mol. The molecule has 1 N–H and O–H groups in total. The third-order valence-corrected chi connectivity index (χ3v) is 4.52. The number of imide groups is 1. The Labute approximate surface area is 167 Å². The summed E-state index contributed by atoms with van der Waals surface area (Å²) in [7, 11) is 0. The zero-order chi connectivity index (χ0) is 20.1. The summed E-state index contributed by atoms with van der Waals surface area (Å²) in [6.45, 7) is 3.15. The number of nitrogens with zero attached hydrogens (tertiary/aromatic N) is 1. The van der Waals surface area contributed by atoms with Gasteiger partial charge in [-0.1, -0.05) is 29.8 Å². The van der Waals surface area contributed by atoms with Crippen LogP contribution in [0.4, 0.5) is 10.1 Å². The van der Waals surface area contributed by atoms with Gasteiger partial charge in [0.2, 0.25) is 0 Å². The number of carbonyl (C=O) groups excluding carboxylic acids is 2. The average molecular weight is 403 g/mol. The van der Waals surface area contributed by atoms with Gasteiger partial charge in [0.15, 0.2) is 0 Å². The quantitative estimate of drug-likeness (QED) is 0.533. The van der Waals surface area contributed by atoms with Crippen molar-refractivity contribution >= 4 is 34.7 Å². The molecule has 3 rings (SSSR count). The average Bonchev–Trinajstić information content (AvgIpc) is 2.90. The molecular weight excluding hydrogens is 383 g/mol. The van der Waals surface area contributed by atoms with Gasteiger partial charge >= 0.3 is 0 Å². The molecule has 0 spiro atoms. The summed E-state index contributed by atoms with van der Waals surface area (Å²) in [5.74, 6) is -1.29. The van der Waals surface area contributed by atoms with Gasteiger partial charge in [-0.2, -0.15) is 0 Å². The number of nitrogens with one attached hydrogen (secondary N) is 1. The van der Waals surface area contributed by atoms with Gasteiger partial charge in [0.25, 0.3) is 11.8 Å². The van der Waals surface area contributed by atoms with Gasteiger partial charge in [0, 0.05) is 30.5 Å². The van der Waals surface area contributed by atoms with Crippen molar-refractivity contribution in [2.45, 2.75) is 13.3 Å². The minimum Gasteiger partial charge on any atom is -0.382 e. The highest BCUT2D eigenvalue weighted by atomic mass is 35.5. The van der Waals surface area contributed by atoms with Gasteiger partial charge in [0.05, 0.1) is 5.57 Å². The number of anilines is 1. The molecule has 28 heavy (non-hydrogen) atoms. The van der Waals surface area contributed by atoms with Crippen LogP contribution in [0.1, 0.15) is 18.9 Å². The van der Waals surface area contributed by atoms with Gasteiger partial charge in [0.1, 0.15) is 11.5 Å². The van der Waals surface area contributed by atoms with E-state index in [2.05, 4.69) is 5.32 Å². The Morgan fingerprint density at radius 3 is 2.54 bits per heavy atom. The van der Waals surface area contributed by atoms with Crippen molar-refractivity contribution in [2.75, 3.05) is 25.1 Å². The molecule has 5 nitrogen and oxygen atoms in total. The van der Waals surface area contributed by atoms with Crippen molar-refractivity contribution in [1.29, 1.82) is 0 Å². The Morgan fingerprint density at radius 2 is 1.86 bits per heavy atom. The molecule has 1 aliphatic rings. The lowest BCUT2D eigenvalue weighted by Crippen LogP contribution is -2.34. The predicted octanol–water partition coefficient (Wildman–Crippen LogP) is 4.10. The second-order valence-electron chi connectivity index (χ2n) is 6.20. The monoisotopic (exact) mass is 402 g/mol. The lowest BCUT2D eigenvalue weighted by Gasteiger charge is -2.15. The molecule has 0 atom stereocenters. The van der Waals surface area contributed by atoms with Crippen molar-refractivity contribution in [3.05, 3.63) is 70.6 Å². The summed E-state index contributed by atoms with van der Waals surface area (Å²) >= 11 is 5.94. The van der Waals surface area contributed by atoms with Crippen LogP contribution in [0.25, 0.3) is 5.57 Å². The van der Waals surface area contributed by atoms with E-state index in [-0.39, 0.29) is 17.8 Å². The second-order valence-corrected chi connectivity index (χ2v) is 6.64. The van der Waals surface area contributed by atoms with Crippen molar-refractivity contribution in [3.8, 4) is 0 Å². The minimum atomic E-state index is -0.448. The van der Waals surface area contributed by atoms with Gasteiger partial charge in [-0.15, -0.1) is 0 Å². The molecule has 1 heterocycles. The number of amides is 2. The molecule has 2 aromatic carbocycles. The molecule has 0 bridgehead atoms. The Bertz CT molecular complexity index is 912. The number of benzene rings is 2. The maximum absolute atomic E-state index is 13.5. The van der Waals surface area contributed by atoms with Gasteiger partial charge in [-0.3, -0.25) is 14.5 Å². The lowest BCUT2D eigenvalue weighted by molar-refractivity contribution is -0.137. The Balaban J connectivity index is 1.93. The van der Waals surface area contributed by atoms with E-state index in [1.807, 2.05) is 6.92 Å². The first-order valence-electron chi connectivity index (χ1n) is 8.98. The molecule has 7 heteroatoms. The standard InChI is InChI=1S/C21H20ClFN2O3/c1-2-28-12-4-11-25-20(26)18(14-7-9-15(22)10-8-14)19(21(25)27)24-17-6-3-5-16(23)13-17/h3,5-10,13,24H,2,4,11-12H2,1H3. The fraction of sp³-hybridized carbons (Fsp3) is 0.238. The minimum absolute atomic E-state index is 0.120.